The molecule has 0 aromatic heterocycles. The van der Waals surface area contributed by atoms with Crippen LogP contribution in [0.15, 0.2) is 24.3 Å². The van der Waals surface area contributed by atoms with Crippen LogP contribution in [0.5, 0.6) is 0 Å². The van der Waals surface area contributed by atoms with Gasteiger partial charge in [-0.15, -0.1) is 0 Å². The van der Waals surface area contributed by atoms with Crippen LogP contribution in [0.3, 0.4) is 0 Å². The molecule has 0 saturated heterocycles. The van der Waals surface area contributed by atoms with Gasteiger partial charge in [0.2, 0.25) is 5.91 Å². The lowest BCUT2D eigenvalue weighted by Crippen LogP contribution is -2.50. The van der Waals surface area contributed by atoms with E-state index in [1.54, 1.807) is 0 Å². The molecule has 1 N–H and O–H groups in total. The number of methoxy groups -OCH3 is 3. The number of halogens is 1. The van der Waals surface area contributed by atoms with E-state index in [0.717, 1.165) is 21.3 Å². The van der Waals surface area contributed by atoms with Crippen molar-refractivity contribution >= 4 is 23.8 Å². The summed E-state index contributed by atoms with van der Waals surface area (Å²) in [5.41, 5.74) is 0.495. The lowest BCUT2D eigenvalue weighted by atomic mass is 9.95. The molecule has 2 atom stereocenters. The van der Waals surface area contributed by atoms with Crippen LogP contribution in [0.2, 0.25) is 0 Å². The van der Waals surface area contributed by atoms with Gasteiger partial charge in [0, 0.05) is 0 Å². The highest BCUT2D eigenvalue weighted by atomic mass is 19.1. The van der Waals surface area contributed by atoms with Crippen molar-refractivity contribution in [1.29, 1.82) is 0 Å². The van der Waals surface area contributed by atoms with Crippen molar-refractivity contribution in [2.45, 2.75) is 18.9 Å². The van der Waals surface area contributed by atoms with Crippen LogP contribution in [-0.4, -0.2) is 51.2 Å². The Kier molecular flexibility index (Phi) is 8.20. The normalized spacial score (nSPS) is 12.5. The summed E-state index contributed by atoms with van der Waals surface area (Å²) >= 11 is 0. The first-order valence-corrected chi connectivity index (χ1v) is 7.58. The van der Waals surface area contributed by atoms with Gasteiger partial charge < -0.3 is 19.5 Å². The van der Waals surface area contributed by atoms with Gasteiger partial charge in [-0.3, -0.25) is 14.4 Å². The van der Waals surface area contributed by atoms with E-state index in [2.05, 4.69) is 19.5 Å². The molecule has 1 amide bonds. The molecule has 142 valence electrons. The smallest absolute Gasteiger partial charge is 0.329 e. The summed E-state index contributed by atoms with van der Waals surface area (Å²) in [4.78, 5) is 47.8. The molecule has 9 heteroatoms. The molecule has 0 unspecified atom stereocenters. The Morgan fingerprint density at radius 1 is 0.962 bits per heavy atom. The Morgan fingerprint density at radius 3 is 2.04 bits per heavy atom. The SMILES string of the molecule is COC(=O)C[C@H](C(=O)OC)[C@@H](NC(=O)Cc1ccc(F)cc1)C(=O)OC. The monoisotopic (exact) mass is 369 g/mol. The highest BCUT2D eigenvalue weighted by Crippen LogP contribution is 2.15. The molecule has 1 rings (SSSR count). The zero-order valence-electron chi connectivity index (χ0n) is 14.6. The Morgan fingerprint density at radius 2 is 1.54 bits per heavy atom. The third kappa shape index (κ3) is 6.15. The second-order valence-corrected chi connectivity index (χ2v) is 5.28. The van der Waals surface area contributed by atoms with Gasteiger partial charge >= 0.3 is 17.9 Å². The van der Waals surface area contributed by atoms with E-state index in [-0.39, 0.29) is 6.42 Å². The van der Waals surface area contributed by atoms with E-state index in [0.29, 0.717) is 5.56 Å². The molecule has 0 radical (unpaired) electrons. The second-order valence-electron chi connectivity index (χ2n) is 5.28. The molecule has 0 aliphatic rings. The predicted octanol–water partition coefficient (Wildman–Crippen LogP) is 0.378. The third-order valence-corrected chi connectivity index (χ3v) is 3.57. The number of hydrogen-bond acceptors (Lipinski definition) is 7. The van der Waals surface area contributed by atoms with Crippen LogP contribution < -0.4 is 5.32 Å². The van der Waals surface area contributed by atoms with Crippen molar-refractivity contribution in [2.24, 2.45) is 5.92 Å². The Bertz CT molecular complexity index is 660. The molecule has 0 aliphatic carbocycles. The first-order chi connectivity index (χ1) is 12.3. The van der Waals surface area contributed by atoms with Gasteiger partial charge in [-0.05, 0) is 17.7 Å². The molecular weight excluding hydrogens is 349 g/mol. The lowest BCUT2D eigenvalue weighted by molar-refractivity contribution is -0.159. The van der Waals surface area contributed by atoms with Crippen molar-refractivity contribution < 1.29 is 37.8 Å². The number of amides is 1. The summed E-state index contributed by atoms with van der Waals surface area (Å²) in [7, 11) is 3.28. The van der Waals surface area contributed by atoms with Crippen molar-refractivity contribution in [3.8, 4) is 0 Å². The van der Waals surface area contributed by atoms with E-state index in [9.17, 15) is 23.6 Å². The summed E-state index contributed by atoms with van der Waals surface area (Å²) in [6.07, 6.45) is -0.653. The van der Waals surface area contributed by atoms with Crippen molar-refractivity contribution in [3.63, 3.8) is 0 Å². The molecule has 1 aromatic rings. The third-order valence-electron chi connectivity index (χ3n) is 3.57. The highest BCUT2D eigenvalue weighted by molar-refractivity contribution is 5.91. The molecule has 0 heterocycles. The topological polar surface area (TPSA) is 108 Å². The van der Waals surface area contributed by atoms with Gasteiger partial charge in [-0.25, -0.2) is 9.18 Å². The van der Waals surface area contributed by atoms with Crippen LogP contribution in [0.1, 0.15) is 12.0 Å². The zero-order valence-corrected chi connectivity index (χ0v) is 14.6. The number of nitrogens with one attached hydrogen (secondary N) is 1. The Labute approximate surface area is 149 Å². The summed E-state index contributed by atoms with van der Waals surface area (Å²) in [5, 5.41) is 2.36. The zero-order chi connectivity index (χ0) is 19.7. The van der Waals surface area contributed by atoms with Crippen molar-refractivity contribution in [3.05, 3.63) is 35.6 Å². The largest absolute Gasteiger partial charge is 0.469 e. The van der Waals surface area contributed by atoms with E-state index in [1.807, 2.05) is 0 Å². The first kappa shape index (κ1) is 21.1. The summed E-state index contributed by atoms with van der Waals surface area (Å²) < 4.78 is 26.6. The number of rotatable bonds is 8. The van der Waals surface area contributed by atoms with Crippen LogP contribution >= 0.6 is 0 Å². The maximum Gasteiger partial charge on any atom is 0.329 e. The van der Waals surface area contributed by atoms with E-state index < -0.39 is 48.0 Å². The molecule has 26 heavy (non-hydrogen) atoms. The fourth-order valence-electron chi connectivity index (χ4n) is 2.21. The Balaban J connectivity index is 2.96. The quantitative estimate of drug-likeness (QED) is 0.521. The molecule has 1 aromatic carbocycles. The minimum Gasteiger partial charge on any atom is -0.469 e. The summed E-state index contributed by atoms with van der Waals surface area (Å²) in [5.74, 6) is -4.96. The van der Waals surface area contributed by atoms with E-state index in [1.165, 1.54) is 24.3 Å². The van der Waals surface area contributed by atoms with Gasteiger partial charge in [0.15, 0.2) is 0 Å². The number of hydrogen-bond donors (Lipinski definition) is 1. The number of carbonyl (C=O) groups excluding carboxylic acids is 4. The van der Waals surface area contributed by atoms with Crippen LogP contribution in [0.4, 0.5) is 4.39 Å². The fourth-order valence-corrected chi connectivity index (χ4v) is 2.21. The van der Waals surface area contributed by atoms with Crippen LogP contribution in [-0.2, 0) is 39.8 Å². The van der Waals surface area contributed by atoms with Gasteiger partial charge in [0.1, 0.15) is 11.9 Å². The Hall–Kier alpha value is -2.97. The molecule has 0 saturated carbocycles. The average molecular weight is 369 g/mol. The van der Waals surface area contributed by atoms with Gasteiger partial charge in [0.25, 0.3) is 0 Å². The molecular formula is C17H20FNO7. The predicted molar refractivity (Wildman–Crippen MR) is 86.2 cm³/mol. The van der Waals surface area contributed by atoms with Crippen LogP contribution in [0.25, 0.3) is 0 Å². The number of esters is 3. The lowest BCUT2D eigenvalue weighted by Gasteiger charge is -2.23. The van der Waals surface area contributed by atoms with Gasteiger partial charge in [-0.2, -0.15) is 0 Å². The maximum absolute atomic E-state index is 12.9. The second kappa shape index (κ2) is 10.1. The van der Waals surface area contributed by atoms with Crippen molar-refractivity contribution in [2.75, 3.05) is 21.3 Å². The van der Waals surface area contributed by atoms with Gasteiger partial charge in [-0.1, -0.05) is 12.1 Å². The summed E-state index contributed by atoms with van der Waals surface area (Å²) in [6, 6.07) is 3.76. The number of benzene rings is 1. The molecule has 0 aliphatic heterocycles. The average Bonchev–Trinajstić information content (AvgIpc) is 2.64. The standard InChI is InChI=1S/C17H20FNO7/c1-24-14(21)9-12(16(22)25-2)15(17(23)26-3)19-13(20)8-10-4-6-11(18)7-5-10/h4-7,12,15H,8-9H2,1-3H3,(H,19,20)/t12-,15+/m0/s1. The minimum atomic E-state index is -1.44. The first-order valence-electron chi connectivity index (χ1n) is 7.58. The fraction of sp³-hybridized carbons (Fsp3) is 0.412. The number of ether oxygens (including phenoxy) is 3. The van der Waals surface area contributed by atoms with E-state index in [4.69, 9.17) is 0 Å². The van der Waals surface area contributed by atoms with Gasteiger partial charge in [0.05, 0.1) is 40.1 Å². The number of carbonyl (C=O) groups is 4. The highest BCUT2D eigenvalue weighted by Gasteiger charge is 2.38. The molecule has 0 fully saturated rings. The van der Waals surface area contributed by atoms with Crippen LogP contribution in [0, 0.1) is 11.7 Å². The minimum absolute atomic E-state index is 0.167. The molecule has 0 spiro atoms. The molecule has 0 bridgehead atoms. The molecule has 8 nitrogen and oxygen atoms in total. The van der Waals surface area contributed by atoms with Crippen molar-refractivity contribution in [1.82, 2.24) is 5.32 Å². The van der Waals surface area contributed by atoms with E-state index >= 15 is 0 Å². The summed E-state index contributed by atoms with van der Waals surface area (Å²) in [6.45, 7) is 0. The maximum atomic E-state index is 12.9.